The lowest BCUT2D eigenvalue weighted by Gasteiger charge is -2.38. The molecule has 1 aliphatic heterocycles. The van der Waals surface area contributed by atoms with Gasteiger partial charge in [-0.1, -0.05) is 25.7 Å². The van der Waals surface area contributed by atoms with Crippen molar-refractivity contribution in [1.29, 1.82) is 0 Å². The van der Waals surface area contributed by atoms with Crippen molar-refractivity contribution in [2.24, 2.45) is 0 Å². The van der Waals surface area contributed by atoms with E-state index in [2.05, 4.69) is 4.90 Å². The molecular weight excluding hydrogens is 186 g/mol. The van der Waals surface area contributed by atoms with Crippen molar-refractivity contribution in [3.63, 3.8) is 0 Å². The van der Waals surface area contributed by atoms with Gasteiger partial charge in [0.15, 0.2) is 0 Å². The summed E-state index contributed by atoms with van der Waals surface area (Å²) in [5.41, 5.74) is -0.444. The average molecular weight is 211 g/mol. The molecule has 2 heteroatoms. The molecule has 0 aromatic rings. The molecule has 1 saturated carbocycles. The molecule has 2 nitrogen and oxygen atoms in total. The van der Waals surface area contributed by atoms with Crippen LogP contribution in [0.4, 0.5) is 0 Å². The van der Waals surface area contributed by atoms with Crippen LogP contribution in [0.5, 0.6) is 0 Å². The summed E-state index contributed by atoms with van der Waals surface area (Å²) in [4.78, 5) is 2.38. The average Bonchev–Trinajstić information content (AvgIpc) is 2.60. The van der Waals surface area contributed by atoms with Crippen molar-refractivity contribution in [2.75, 3.05) is 13.1 Å². The molecule has 2 aliphatic rings. The third-order valence-electron chi connectivity index (χ3n) is 4.10. The predicted octanol–water partition coefficient (Wildman–Crippen LogP) is 2.91. The van der Waals surface area contributed by atoms with Gasteiger partial charge in [-0.05, 0) is 38.5 Å². The lowest BCUT2D eigenvalue weighted by atomic mass is 10.0. The van der Waals surface area contributed by atoms with Crippen LogP contribution in [-0.4, -0.2) is 28.8 Å². The van der Waals surface area contributed by atoms with Crippen LogP contribution >= 0.6 is 0 Å². The van der Waals surface area contributed by atoms with Crippen molar-refractivity contribution in [3.05, 3.63) is 0 Å². The number of nitrogens with zero attached hydrogens (tertiary/aromatic N) is 1. The molecule has 1 aliphatic carbocycles. The van der Waals surface area contributed by atoms with E-state index < -0.39 is 5.72 Å². The summed E-state index contributed by atoms with van der Waals surface area (Å²) < 4.78 is 0. The summed E-state index contributed by atoms with van der Waals surface area (Å²) in [5.74, 6) is 0. The quantitative estimate of drug-likeness (QED) is 0.674. The summed E-state index contributed by atoms with van der Waals surface area (Å²) in [5, 5.41) is 10.7. The Morgan fingerprint density at radius 1 is 0.667 bits per heavy atom. The van der Waals surface area contributed by atoms with Gasteiger partial charge in [0, 0.05) is 13.1 Å². The number of aliphatic hydroxyl groups is 1. The molecule has 1 saturated heterocycles. The Morgan fingerprint density at radius 2 is 1.13 bits per heavy atom. The zero-order valence-electron chi connectivity index (χ0n) is 9.88. The van der Waals surface area contributed by atoms with E-state index in [4.69, 9.17) is 0 Å². The van der Waals surface area contributed by atoms with Gasteiger partial charge in [-0.2, -0.15) is 0 Å². The minimum atomic E-state index is -0.444. The summed E-state index contributed by atoms with van der Waals surface area (Å²) in [7, 11) is 0. The first-order valence-electron chi connectivity index (χ1n) is 6.79. The normalized spacial score (nSPS) is 29.4. The second kappa shape index (κ2) is 5.31. The maximum Gasteiger partial charge on any atom is 0.118 e. The van der Waals surface area contributed by atoms with Crippen LogP contribution in [-0.2, 0) is 0 Å². The van der Waals surface area contributed by atoms with E-state index >= 15 is 0 Å². The van der Waals surface area contributed by atoms with Crippen LogP contribution in [0.3, 0.4) is 0 Å². The molecule has 0 aromatic heterocycles. The van der Waals surface area contributed by atoms with E-state index in [1.807, 2.05) is 0 Å². The van der Waals surface area contributed by atoms with Crippen LogP contribution < -0.4 is 0 Å². The van der Waals surface area contributed by atoms with Gasteiger partial charge in [0.05, 0.1) is 0 Å². The Bertz CT molecular complexity index is 177. The zero-order chi connectivity index (χ0) is 10.6. The van der Waals surface area contributed by atoms with Gasteiger partial charge in [-0.25, -0.2) is 0 Å². The first kappa shape index (κ1) is 11.4. The molecule has 0 radical (unpaired) electrons. The fourth-order valence-electron chi connectivity index (χ4n) is 3.10. The van der Waals surface area contributed by atoms with Gasteiger partial charge >= 0.3 is 0 Å². The minimum absolute atomic E-state index is 0.444. The smallest absolute Gasteiger partial charge is 0.118 e. The van der Waals surface area contributed by atoms with E-state index in [1.54, 1.807) is 0 Å². The van der Waals surface area contributed by atoms with Crippen LogP contribution in [0.1, 0.15) is 64.2 Å². The second-order valence-electron chi connectivity index (χ2n) is 5.30. The molecule has 88 valence electrons. The first-order chi connectivity index (χ1) is 7.31. The van der Waals surface area contributed by atoms with Gasteiger partial charge in [-0.15, -0.1) is 0 Å². The zero-order valence-corrected chi connectivity index (χ0v) is 9.88. The second-order valence-corrected chi connectivity index (χ2v) is 5.30. The minimum Gasteiger partial charge on any atom is -0.376 e. The number of rotatable bonds is 1. The molecule has 0 spiro atoms. The highest BCUT2D eigenvalue weighted by atomic mass is 16.3. The SMILES string of the molecule is OC1(N2CCCCCC2)CCCCCC1. The fourth-order valence-corrected chi connectivity index (χ4v) is 3.10. The Morgan fingerprint density at radius 3 is 1.67 bits per heavy atom. The highest BCUT2D eigenvalue weighted by Gasteiger charge is 2.34. The third kappa shape index (κ3) is 2.94. The van der Waals surface area contributed by atoms with Crippen molar-refractivity contribution < 1.29 is 5.11 Å². The molecular formula is C13H25NO. The monoisotopic (exact) mass is 211 g/mol. The van der Waals surface area contributed by atoms with Crippen molar-refractivity contribution in [1.82, 2.24) is 4.90 Å². The Balaban J connectivity index is 1.97. The van der Waals surface area contributed by atoms with Crippen LogP contribution in [0, 0.1) is 0 Å². The highest BCUT2D eigenvalue weighted by molar-refractivity contribution is 4.83. The largest absolute Gasteiger partial charge is 0.376 e. The predicted molar refractivity (Wildman–Crippen MR) is 62.7 cm³/mol. The van der Waals surface area contributed by atoms with E-state index in [0.717, 1.165) is 25.9 Å². The van der Waals surface area contributed by atoms with Crippen LogP contribution in [0.2, 0.25) is 0 Å². The van der Waals surface area contributed by atoms with Gasteiger partial charge in [-0.3, -0.25) is 4.90 Å². The fraction of sp³-hybridized carbons (Fsp3) is 1.00. The summed E-state index contributed by atoms with van der Waals surface area (Å²) >= 11 is 0. The molecule has 0 amide bonds. The maximum atomic E-state index is 10.7. The third-order valence-corrected chi connectivity index (χ3v) is 4.10. The number of hydrogen-bond acceptors (Lipinski definition) is 2. The molecule has 1 N–H and O–H groups in total. The lowest BCUT2D eigenvalue weighted by Crippen LogP contribution is -2.48. The van der Waals surface area contributed by atoms with Gasteiger partial charge in [0.1, 0.15) is 5.72 Å². The van der Waals surface area contributed by atoms with Gasteiger partial charge in [0.25, 0.3) is 0 Å². The van der Waals surface area contributed by atoms with Crippen LogP contribution in [0.25, 0.3) is 0 Å². The van der Waals surface area contributed by atoms with Gasteiger partial charge < -0.3 is 5.11 Å². The molecule has 1 heterocycles. The maximum absolute atomic E-state index is 10.7. The van der Waals surface area contributed by atoms with Crippen molar-refractivity contribution >= 4 is 0 Å². The Kier molecular flexibility index (Phi) is 4.04. The highest BCUT2D eigenvalue weighted by Crippen LogP contribution is 2.31. The van der Waals surface area contributed by atoms with Crippen molar-refractivity contribution in [2.45, 2.75) is 69.9 Å². The van der Waals surface area contributed by atoms with E-state index in [0.29, 0.717) is 0 Å². The standard InChI is InChI=1S/C13H25NO/c15-13(9-5-1-2-6-10-13)14-11-7-3-4-8-12-14/h15H,1-12H2. The molecule has 0 aromatic carbocycles. The Labute approximate surface area is 93.7 Å². The summed E-state index contributed by atoms with van der Waals surface area (Å²) in [6.45, 7) is 2.24. The summed E-state index contributed by atoms with van der Waals surface area (Å²) in [6.07, 6.45) is 12.3. The van der Waals surface area contributed by atoms with Crippen LogP contribution in [0.15, 0.2) is 0 Å². The molecule has 0 bridgehead atoms. The first-order valence-corrected chi connectivity index (χ1v) is 6.79. The number of hydrogen-bond donors (Lipinski definition) is 1. The van der Waals surface area contributed by atoms with Gasteiger partial charge in [0.2, 0.25) is 0 Å². The van der Waals surface area contributed by atoms with E-state index in [1.165, 1.54) is 51.4 Å². The molecule has 15 heavy (non-hydrogen) atoms. The van der Waals surface area contributed by atoms with E-state index in [9.17, 15) is 5.11 Å². The molecule has 0 atom stereocenters. The lowest BCUT2D eigenvalue weighted by molar-refractivity contribution is -0.117. The number of likely N-dealkylation sites (tertiary alicyclic amines) is 1. The molecule has 2 rings (SSSR count). The Hall–Kier alpha value is -0.0800. The van der Waals surface area contributed by atoms with Crippen molar-refractivity contribution in [3.8, 4) is 0 Å². The van der Waals surface area contributed by atoms with E-state index in [-0.39, 0.29) is 0 Å². The topological polar surface area (TPSA) is 23.5 Å². The molecule has 0 unspecified atom stereocenters. The molecule has 2 fully saturated rings. The summed E-state index contributed by atoms with van der Waals surface area (Å²) in [6, 6.07) is 0.